The van der Waals surface area contributed by atoms with Gasteiger partial charge in [0.15, 0.2) is 0 Å². The van der Waals surface area contributed by atoms with E-state index in [0.717, 1.165) is 30.8 Å². The Balaban J connectivity index is 1.71. The van der Waals surface area contributed by atoms with Crippen LogP contribution in [0.15, 0.2) is 12.1 Å². The van der Waals surface area contributed by atoms with Crippen molar-refractivity contribution in [3.63, 3.8) is 0 Å². The number of nitrogens with one attached hydrogen (secondary N) is 1. The van der Waals surface area contributed by atoms with E-state index in [1.54, 1.807) is 12.0 Å². The number of ether oxygens (including phenoxy) is 3. The van der Waals surface area contributed by atoms with E-state index in [0.29, 0.717) is 19.7 Å². The van der Waals surface area contributed by atoms with Gasteiger partial charge in [-0.25, -0.2) is 4.79 Å². The summed E-state index contributed by atoms with van der Waals surface area (Å²) >= 11 is 0. The maximum absolute atomic E-state index is 12.3. The molecule has 0 fully saturated rings. The van der Waals surface area contributed by atoms with E-state index in [1.807, 2.05) is 20.8 Å². The molecule has 1 aromatic carbocycles. The molecule has 3 rings (SSSR count). The van der Waals surface area contributed by atoms with E-state index in [2.05, 4.69) is 17.4 Å². The smallest absolute Gasteiger partial charge is 0.410 e. The molecule has 2 aliphatic rings. The molecule has 2 aliphatic heterocycles. The summed E-state index contributed by atoms with van der Waals surface area (Å²) in [5.74, 6) is 0.873. The number of rotatable bonds is 2. The van der Waals surface area contributed by atoms with Crippen LogP contribution >= 0.6 is 0 Å². The average Bonchev–Trinajstić information content (AvgIpc) is 2.73. The highest BCUT2D eigenvalue weighted by molar-refractivity contribution is 5.69. The second-order valence-corrected chi connectivity index (χ2v) is 7.66. The highest BCUT2D eigenvalue weighted by Gasteiger charge is 2.26. The van der Waals surface area contributed by atoms with Gasteiger partial charge in [-0.05, 0) is 56.9 Å². The number of methoxy groups -OCH3 is 1. The van der Waals surface area contributed by atoms with E-state index < -0.39 is 5.60 Å². The van der Waals surface area contributed by atoms with Crippen LogP contribution in [0, 0.1) is 0 Å². The molecule has 0 saturated carbocycles. The number of anilines is 1. The van der Waals surface area contributed by atoms with Crippen molar-refractivity contribution in [2.24, 2.45) is 0 Å². The summed E-state index contributed by atoms with van der Waals surface area (Å²) in [5.41, 5.74) is 3.07. The Morgan fingerprint density at radius 2 is 1.96 bits per heavy atom. The molecule has 0 spiro atoms. The Bertz CT molecular complexity index is 639. The van der Waals surface area contributed by atoms with Crippen molar-refractivity contribution < 1.29 is 19.0 Å². The lowest BCUT2D eigenvalue weighted by Crippen LogP contribution is -2.38. The molecule has 25 heavy (non-hydrogen) atoms. The van der Waals surface area contributed by atoms with Gasteiger partial charge in [0.05, 0.1) is 18.8 Å². The van der Waals surface area contributed by atoms with Crippen molar-refractivity contribution in [2.75, 3.05) is 38.7 Å². The summed E-state index contributed by atoms with van der Waals surface area (Å²) in [5, 5.41) is 3.42. The van der Waals surface area contributed by atoms with Gasteiger partial charge in [-0.3, -0.25) is 0 Å². The molecule has 0 radical (unpaired) electrons. The molecule has 2 heterocycles. The number of hydrogen-bond acceptors (Lipinski definition) is 5. The fraction of sp³-hybridized carbons (Fsp3) is 0.632. The summed E-state index contributed by atoms with van der Waals surface area (Å²) in [6.45, 7) is 8.32. The van der Waals surface area contributed by atoms with Gasteiger partial charge in [0, 0.05) is 20.2 Å². The van der Waals surface area contributed by atoms with Crippen LogP contribution in [0.4, 0.5) is 10.5 Å². The highest BCUT2D eigenvalue weighted by atomic mass is 16.6. The number of nitrogens with zero attached hydrogens (tertiary/aromatic N) is 1. The lowest BCUT2D eigenvalue weighted by molar-refractivity contribution is 0.0258. The fourth-order valence-electron chi connectivity index (χ4n) is 3.22. The summed E-state index contributed by atoms with van der Waals surface area (Å²) in [4.78, 5) is 14.1. The van der Waals surface area contributed by atoms with Crippen LogP contribution in [0.2, 0.25) is 0 Å². The SMILES string of the molecule is COCC1CNc2cc3c(cc2O1)CCN(C(=O)OC(C)(C)C)CC3. The van der Waals surface area contributed by atoms with Crippen molar-refractivity contribution >= 4 is 11.8 Å². The minimum Gasteiger partial charge on any atom is -0.484 e. The minimum atomic E-state index is -0.469. The van der Waals surface area contributed by atoms with Gasteiger partial charge in [-0.15, -0.1) is 0 Å². The number of fused-ring (bicyclic) bond motifs is 2. The molecule has 0 aliphatic carbocycles. The zero-order valence-electron chi connectivity index (χ0n) is 15.6. The number of amides is 1. The van der Waals surface area contributed by atoms with Crippen LogP contribution in [-0.2, 0) is 22.3 Å². The Hall–Kier alpha value is -1.95. The Morgan fingerprint density at radius 1 is 1.28 bits per heavy atom. The van der Waals surface area contributed by atoms with Gasteiger partial charge in [0.1, 0.15) is 17.5 Å². The van der Waals surface area contributed by atoms with Crippen molar-refractivity contribution in [2.45, 2.75) is 45.3 Å². The molecular weight excluding hydrogens is 320 g/mol. The normalized spacial score (nSPS) is 19.8. The average molecular weight is 348 g/mol. The monoisotopic (exact) mass is 348 g/mol. The number of hydrogen-bond donors (Lipinski definition) is 1. The molecule has 6 heteroatoms. The predicted molar refractivity (Wildman–Crippen MR) is 96.4 cm³/mol. The van der Waals surface area contributed by atoms with Crippen LogP contribution in [-0.4, -0.2) is 56.0 Å². The molecule has 1 atom stereocenters. The van der Waals surface area contributed by atoms with E-state index in [9.17, 15) is 4.79 Å². The lowest BCUT2D eigenvalue weighted by atomic mass is 10.0. The zero-order chi connectivity index (χ0) is 18.0. The largest absolute Gasteiger partial charge is 0.484 e. The first-order valence-electron chi connectivity index (χ1n) is 8.89. The van der Waals surface area contributed by atoms with E-state index in [-0.39, 0.29) is 12.2 Å². The zero-order valence-corrected chi connectivity index (χ0v) is 15.6. The summed E-state index contributed by atoms with van der Waals surface area (Å²) in [6, 6.07) is 4.27. The van der Waals surface area contributed by atoms with Crippen molar-refractivity contribution in [3.8, 4) is 5.75 Å². The van der Waals surface area contributed by atoms with Crippen LogP contribution in [0.3, 0.4) is 0 Å². The second kappa shape index (κ2) is 7.12. The number of carbonyl (C=O) groups is 1. The van der Waals surface area contributed by atoms with Crippen LogP contribution in [0.1, 0.15) is 31.9 Å². The first kappa shape index (κ1) is 17.9. The number of carbonyl (C=O) groups excluding carboxylic acids is 1. The fourth-order valence-corrected chi connectivity index (χ4v) is 3.22. The molecule has 1 amide bonds. The molecule has 0 bridgehead atoms. The molecule has 0 saturated heterocycles. The molecule has 6 nitrogen and oxygen atoms in total. The first-order valence-corrected chi connectivity index (χ1v) is 8.89. The third-order valence-electron chi connectivity index (χ3n) is 4.42. The maximum atomic E-state index is 12.3. The van der Waals surface area contributed by atoms with Gasteiger partial charge in [0.2, 0.25) is 0 Å². The quantitative estimate of drug-likeness (QED) is 0.890. The third-order valence-corrected chi connectivity index (χ3v) is 4.42. The van der Waals surface area contributed by atoms with Crippen molar-refractivity contribution in [1.82, 2.24) is 4.90 Å². The van der Waals surface area contributed by atoms with Crippen LogP contribution in [0.25, 0.3) is 0 Å². The maximum Gasteiger partial charge on any atom is 0.410 e. The topological polar surface area (TPSA) is 60.0 Å². The van der Waals surface area contributed by atoms with E-state index in [1.165, 1.54) is 11.1 Å². The molecule has 0 aromatic heterocycles. The van der Waals surface area contributed by atoms with Gasteiger partial charge < -0.3 is 24.4 Å². The third kappa shape index (κ3) is 4.37. The summed E-state index contributed by atoms with van der Waals surface area (Å²) < 4.78 is 16.7. The molecule has 1 aromatic rings. The van der Waals surface area contributed by atoms with Gasteiger partial charge >= 0.3 is 6.09 Å². The van der Waals surface area contributed by atoms with Crippen LogP contribution in [0.5, 0.6) is 5.75 Å². The summed E-state index contributed by atoms with van der Waals surface area (Å²) in [6.07, 6.45) is 1.42. The molecule has 1 N–H and O–H groups in total. The van der Waals surface area contributed by atoms with Crippen molar-refractivity contribution in [3.05, 3.63) is 23.3 Å². The number of benzene rings is 1. The second-order valence-electron chi connectivity index (χ2n) is 7.66. The van der Waals surface area contributed by atoms with Crippen molar-refractivity contribution in [1.29, 1.82) is 0 Å². The van der Waals surface area contributed by atoms with Gasteiger partial charge in [-0.1, -0.05) is 0 Å². The van der Waals surface area contributed by atoms with E-state index in [4.69, 9.17) is 14.2 Å². The molecular formula is C19H28N2O4. The van der Waals surface area contributed by atoms with Gasteiger partial charge in [-0.2, -0.15) is 0 Å². The first-order chi connectivity index (χ1) is 11.9. The Labute approximate surface area is 149 Å². The lowest BCUT2D eigenvalue weighted by Gasteiger charge is -2.28. The Kier molecular flexibility index (Phi) is 5.08. The predicted octanol–water partition coefficient (Wildman–Crippen LogP) is 2.84. The highest BCUT2D eigenvalue weighted by Crippen LogP contribution is 2.34. The van der Waals surface area contributed by atoms with E-state index >= 15 is 0 Å². The minimum absolute atomic E-state index is 0.0274. The standard InChI is InChI=1S/C19H28N2O4/c1-19(2,3)25-18(22)21-7-5-13-9-16-17(10-14(13)6-8-21)24-15(11-20-16)12-23-4/h9-10,15,20H,5-8,11-12H2,1-4H3. The Morgan fingerprint density at radius 3 is 2.60 bits per heavy atom. The molecule has 1 unspecified atom stereocenters. The van der Waals surface area contributed by atoms with Crippen LogP contribution < -0.4 is 10.1 Å². The van der Waals surface area contributed by atoms with Gasteiger partial charge in [0.25, 0.3) is 0 Å². The summed E-state index contributed by atoms with van der Waals surface area (Å²) in [7, 11) is 1.68. The molecule has 138 valence electrons.